The van der Waals surface area contributed by atoms with Crippen LogP contribution in [0.4, 0.5) is 5.69 Å². The summed E-state index contributed by atoms with van der Waals surface area (Å²) in [6.07, 6.45) is 6.28. The lowest BCUT2D eigenvalue weighted by molar-refractivity contribution is 0.247. The summed E-state index contributed by atoms with van der Waals surface area (Å²) in [7, 11) is 1.71. The van der Waals surface area contributed by atoms with Gasteiger partial charge in [0.25, 0.3) is 11.1 Å². The Hall–Kier alpha value is -3.00. The monoisotopic (exact) mass is 366 g/mol. The Morgan fingerprint density at radius 1 is 1.07 bits per heavy atom. The summed E-state index contributed by atoms with van der Waals surface area (Å²) in [5.74, 6) is 0. The van der Waals surface area contributed by atoms with E-state index < -0.39 is 0 Å². The fraction of sp³-hybridized carbons (Fsp3) is 0.368. The molecule has 0 saturated carbocycles. The third kappa shape index (κ3) is 3.61. The SMILES string of the molecule is Cn1cnc2cc(N3CCN(CCn4ccncc4=O)CC3)ccc2c1=O. The minimum Gasteiger partial charge on any atom is -0.369 e. The third-order valence-electron chi connectivity index (χ3n) is 5.10. The summed E-state index contributed by atoms with van der Waals surface area (Å²) in [4.78, 5) is 36.8. The van der Waals surface area contributed by atoms with Crippen LogP contribution in [-0.2, 0) is 13.6 Å². The van der Waals surface area contributed by atoms with Crippen molar-refractivity contribution in [2.45, 2.75) is 6.54 Å². The molecule has 0 bridgehead atoms. The van der Waals surface area contributed by atoms with Crippen LogP contribution >= 0.6 is 0 Å². The second kappa shape index (κ2) is 7.32. The molecule has 0 atom stereocenters. The molecule has 27 heavy (non-hydrogen) atoms. The molecule has 3 aromatic rings. The lowest BCUT2D eigenvalue weighted by atomic mass is 10.2. The van der Waals surface area contributed by atoms with E-state index in [-0.39, 0.29) is 11.1 Å². The van der Waals surface area contributed by atoms with Crippen LogP contribution in [0, 0.1) is 0 Å². The predicted octanol–water partition coefficient (Wildman–Crippen LogP) is 0.312. The van der Waals surface area contributed by atoms with Crippen LogP contribution in [0.5, 0.6) is 0 Å². The Balaban J connectivity index is 1.40. The van der Waals surface area contributed by atoms with Gasteiger partial charge in [0, 0.05) is 64.4 Å². The zero-order valence-electron chi connectivity index (χ0n) is 15.3. The van der Waals surface area contributed by atoms with Crippen LogP contribution in [-0.4, -0.2) is 56.7 Å². The molecule has 140 valence electrons. The molecule has 0 radical (unpaired) electrons. The van der Waals surface area contributed by atoms with Gasteiger partial charge in [-0.05, 0) is 18.2 Å². The largest absolute Gasteiger partial charge is 0.369 e. The van der Waals surface area contributed by atoms with Gasteiger partial charge in [0.2, 0.25) is 0 Å². The second-order valence-corrected chi connectivity index (χ2v) is 6.80. The molecule has 0 spiro atoms. The molecular weight excluding hydrogens is 344 g/mol. The molecule has 0 unspecified atom stereocenters. The summed E-state index contributed by atoms with van der Waals surface area (Å²) in [5, 5.41) is 0.644. The minimum absolute atomic E-state index is 0.0253. The molecule has 8 nitrogen and oxygen atoms in total. The van der Waals surface area contributed by atoms with Crippen molar-refractivity contribution in [1.29, 1.82) is 0 Å². The maximum absolute atomic E-state index is 12.1. The number of hydrogen-bond donors (Lipinski definition) is 0. The summed E-state index contributed by atoms with van der Waals surface area (Å²) in [5.41, 5.74) is 1.73. The van der Waals surface area contributed by atoms with Crippen LogP contribution < -0.4 is 16.0 Å². The first-order chi connectivity index (χ1) is 13.1. The topological polar surface area (TPSA) is 76.3 Å². The van der Waals surface area contributed by atoms with Gasteiger partial charge in [0.05, 0.1) is 23.4 Å². The number of hydrogen-bond acceptors (Lipinski definition) is 6. The molecule has 2 aromatic heterocycles. The average Bonchev–Trinajstić information content (AvgIpc) is 2.70. The number of aromatic nitrogens is 4. The molecule has 1 aromatic carbocycles. The van der Waals surface area contributed by atoms with Crippen molar-refractivity contribution in [3.63, 3.8) is 0 Å². The number of anilines is 1. The highest BCUT2D eigenvalue weighted by Crippen LogP contribution is 2.20. The van der Waals surface area contributed by atoms with Crippen molar-refractivity contribution in [2.24, 2.45) is 7.05 Å². The third-order valence-corrected chi connectivity index (χ3v) is 5.10. The Bertz CT molecular complexity index is 1070. The second-order valence-electron chi connectivity index (χ2n) is 6.80. The van der Waals surface area contributed by atoms with Crippen molar-refractivity contribution in [3.05, 3.63) is 63.8 Å². The van der Waals surface area contributed by atoms with Crippen LogP contribution in [0.25, 0.3) is 10.9 Å². The average molecular weight is 366 g/mol. The first-order valence-electron chi connectivity index (χ1n) is 9.05. The predicted molar refractivity (Wildman–Crippen MR) is 104 cm³/mol. The summed E-state index contributed by atoms with van der Waals surface area (Å²) < 4.78 is 3.18. The first-order valence-corrected chi connectivity index (χ1v) is 9.05. The lowest BCUT2D eigenvalue weighted by Gasteiger charge is -2.36. The van der Waals surface area contributed by atoms with Crippen molar-refractivity contribution < 1.29 is 0 Å². The molecule has 0 aliphatic carbocycles. The fourth-order valence-corrected chi connectivity index (χ4v) is 3.43. The Morgan fingerprint density at radius 3 is 2.67 bits per heavy atom. The summed E-state index contributed by atoms with van der Waals surface area (Å²) >= 11 is 0. The van der Waals surface area contributed by atoms with E-state index in [9.17, 15) is 9.59 Å². The number of piperazine rings is 1. The van der Waals surface area contributed by atoms with Crippen molar-refractivity contribution in [1.82, 2.24) is 24.0 Å². The molecule has 8 heteroatoms. The molecule has 3 heterocycles. The molecule has 1 saturated heterocycles. The van der Waals surface area contributed by atoms with E-state index in [1.54, 1.807) is 30.3 Å². The zero-order chi connectivity index (χ0) is 18.8. The standard InChI is InChI=1S/C19H22N6O2/c1-22-14-21-17-12-15(2-3-16(17)19(22)27)24-9-6-23(7-10-24)8-11-25-5-4-20-13-18(25)26/h2-5,12-14H,6-11H2,1H3. The van der Waals surface area contributed by atoms with E-state index in [4.69, 9.17) is 0 Å². The van der Waals surface area contributed by atoms with Crippen LogP contribution in [0.2, 0.25) is 0 Å². The van der Waals surface area contributed by atoms with E-state index in [0.717, 1.165) is 43.9 Å². The van der Waals surface area contributed by atoms with E-state index in [1.165, 1.54) is 10.8 Å². The molecule has 0 N–H and O–H groups in total. The van der Waals surface area contributed by atoms with E-state index >= 15 is 0 Å². The molecular formula is C19H22N6O2. The number of benzene rings is 1. The van der Waals surface area contributed by atoms with Crippen LogP contribution in [0.15, 0.2) is 52.7 Å². The highest BCUT2D eigenvalue weighted by Gasteiger charge is 2.17. The van der Waals surface area contributed by atoms with Crippen LogP contribution in [0.3, 0.4) is 0 Å². The normalized spacial score (nSPS) is 15.4. The molecule has 1 aliphatic heterocycles. The number of aryl methyl sites for hydroxylation is 1. The van der Waals surface area contributed by atoms with Gasteiger partial charge in [-0.3, -0.25) is 19.5 Å². The van der Waals surface area contributed by atoms with Gasteiger partial charge in [-0.2, -0.15) is 0 Å². The zero-order valence-corrected chi connectivity index (χ0v) is 15.3. The van der Waals surface area contributed by atoms with Gasteiger partial charge in [-0.1, -0.05) is 0 Å². The van der Waals surface area contributed by atoms with Crippen molar-refractivity contribution >= 4 is 16.6 Å². The van der Waals surface area contributed by atoms with Crippen molar-refractivity contribution in [3.8, 4) is 0 Å². The maximum Gasteiger partial charge on any atom is 0.269 e. The molecule has 1 fully saturated rings. The Labute approximate surface area is 156 Å². The van der Waals surface area contributed by atoms with E-state index in [0.29, 0.717) is 11.9 Å². The van der Waals surface area contributed by atoms with Gasteiger partial charge in [0.15, 0.2) is 0 Å². The number of nitrogens with zero attached hydrogens (tertiary/aromatic N) is 6. The highest BCUT2D eigenvalue weighted by atomic mass is 16.1. The molecule has 4 rings (SSSR count). The summed E-state index contributed by atoms with van der Waals surface area (Å²) in [6.45, 7) is 5.19. The fourth-order valence-electron chi connectivity index (χ4n) is 3.43. The molecule has 0 amide bonds. The van der Waals surface area contributed by atoms with Crippen LogP contribution in [0.1, 0.15) is 0 Å². The highest BCUT2D eigenvalue weighted by molar-refractivity contribution is 5.81. The van der Waals surface area contributed by atoms with Gasteiger partial charge >= 0.3 is 0 Å². The van der Waals surface area contributed by atoms with Gasteiger partial charge in [0.1, 0.15) is 0 Å². The molecule has 1 aliphatic rings. The van der Waals surface area contributed by atoms with Gasteiger partial charge in [-0.25, -0.2) is 4.98 Å². The smallest absolute Gasteiger partial charge is 0.269 e. The Morgan fingerprint density at radius 2 is 1.89 bits per heavy atom. The number of fused-ring (bicyclic) bond motifs is 1. The Kier molecular flexibility index (Phi) is 4.72. The minimum atomic E-state index is -0.0639. The van der Waals surface area contributed by atoms with Gasteiger partial charge < -0.3 is 14.0 Å². The van der Waals surface area contributed by atoms with E-state index in [1.807, 2.05) is 18.2 Å². The summed E-state index contributed by atoms with van der Waals surface area (Å²) in [6, 6.07) is 5.85. The van der Waals surface area contributed by atoms with E-state index in [2.05, 4.69) is 19.8 Å². The van der Waals surface area contributed by atoms with Crippen molar-refractivity contribution in [2.75, 3.05) is 37.6 Å². The maximum atomic E-state index is 12.1. The van der Waals surface area contributed by atoms with Gasteiger partial charge in [-0.15, -0.1) is 0 Å². The number of rotatable bonds is 4. The quantitative estimate of drug-likeness (QED) is 0.662. The first kappa shape index (κ1) is 17.4. The lowest BCUT2D eigenvalue weighted by Crippen LogP contribution is -2.47.